The molecule has 0 bridgehead atoms. The predicted molar refractivity (Wildman–Crippen MR) is 55.7 cm³/mol. The minimum atomic E-state index is -0.561. The average Bonchev–Trinajstić information content (AvgIpc) is 2.96. The standard InChI is InChI=1S/C11H16O5/c1-7(2)16-11(13)8(3)4-10(12)15-6-9-5-14-9/h7,9H,3-6H2,1-2H3. The first-order valence-electron chi connectivity index (χ1n) is 5.15. The summed E-state index contributed by atoms with van der Waals surface area (Å²) in [5.74, 6) is -1.05. The maximum Gasteiger partial charge on any atom is 0.334 e. The zero-order valence-electron chi connectivity index (χ0n) is 9.52. The highest BCUT2D eigenvalue weighted by Crippen LogP contribution is 2.10. The van der Waals surface area contributed by atoms with E-state index in [2.05, 4.69) is 6.58 Å². The summed E-state index contributed by atoms with van der Waals surface area (Å²) in [5, 5.41) is 0. The molecule has 0 aromatic heterocycles. The van der Waals surface area contributed by atoms with Gasteiger partial charge in [-0.2, -0.15) is 0 Å². The second-order valence-electron chi connectivity index (χ2n) is 3.87. The van der Waals surface area contributed by atoms with Crippen LogP contribution < -0.4 is 0 Å². The summed E-state index contributed by atoms with van der Waals surface area (Å²) in [6, 6.07) is 0. The fraction of sp³-hybridized carbons (Fsp3) is 0.636. The van der Waals surface area contributed by atoms with Crippen LogP contribution in [0.15, 0.2) is 12.2 Å². The third-order valence-electron chi connectivity index (χ3n) is 1.82. The normalized spacial score (nSPS) is 18.1. The van der Waals surface area contributed by atoms with Crippen molar-refractivity contribution in [1.82, 2.24) is 0 Å². The van der Waals surface area contributed by atoms with Crippen LogP contribution in [0.2, 0.25) is 0 Å². The van der Waals surface area contributed by atoms with Gasteiger partial charge in [-0.05, 0) is 13.8 Å². The lowest BCUT2D eigenvalue weighted by Crippen LogP contribution is -2.17. The van der Waals surface area contributed by atoms with Crippen LogP contribution >= 0.6 is 0 Å². The third kappa shape index (κ3) is 4.93. The van der Waals surface area contributed by atoms with Crippen molar-refractivity contribution in [3.63, 3.8) is 0 Å². The molecule has 1 rings (SSSR count). The summed E-state index contributed by atoms with van der Waals surface area (Å²) < 4.78 is 14.6. The molecule has 0 N–H and O–H groups in total. The Bertz CT molecular complexity index is 291. The second-order valence-corrected chi connectivity index (χ2v) is 3.87. The van der Waals surface area contributed by atoms with Gasteiger partial charge in [0, 0.05) is 5.57 Å². The maximum atomic E-state index is 11.3. The van der Waals surface area contributed by atoms with Crippen LogP contribution in [-0.4, -0.2) is 37.4 Å². The summed E-state index contributed by atoms with van der Waals surface area (Å²) in [4.78, 5) is 22.5. The van der Waals surface area contributed by atoms with Crippen LogP contribution in [0.25, 0.3) is 0 Å². The SMILES string of the molecule is C=C(CC(=O)OCC1CO1)C(=O)OC(C)C. The molecule has 0 spiro atoms. The third-order valence-corrected chi connectivity index (χ3v) is 1.82. The van der Waals surface area contributed by atoms with Crippen molar-refractivity contribution < 1.29 is 23.8 Å². The largest absolute Gasteiger partial charge is 0.463 e. The van der Waals surface area contributed by atoms with E-state index in [9.17, 15) is 9.59 Å². The summed E-state index contributed by atoms with van der Waals surface area (Å²) in [6.45, 7) is 7.81. The van der Waals surface area contributed by atoms with Crippen LogP contribution in [0.4, 0.5) is 0 Å². The quantitative estimate of drug-likeness (QED) is 0.382. The van der Waals surface area contributed by atoms with Gasteiger partial charge >= 0.3 is 11.9 Å². The van der Waals surface area contributed by atoms with Crippen molar-refractivity contribution in [3.05, 3.63) is 12.2 Å². The minimum Gasteiger partial charge on any atom is -0.463 e. The summed E-state index contributed by atoms with van der Waals surface area (Å²) >= 11 is 0. The topological polar surface area (TPSA) is 65.1 Å². The molecule has 0 radical (unpaired) electrons. The highest BCUT2D eigenvalue weighted by Gasteiger charge is 2.24. The van der Waals surface area contributed by atoms with Gasteiger partial charge in [0.1, 0.15) is 12.7 Å². The number of carbonyl (C=O) groups excluding carboxylic acids is 2. The molecule has 1 heterocycles. The Morgan fingerprint density at radius 1 is 1.50 bits per heavy atom. The molecule has 5 heteroatoms. The lowest BCUT2D eigenvalue weighted by Gasteiger charge is -2.09. The smallest absolute Gasteiger partial charge is 0.334 e. The lowest BCUT2D eigenvalue weighted by atomic mass is 10.2. The summed E-state index contributed by atoms with van der Waals surface area (Å²) in [5.41, 5.74) is 0.107. The number of carbonyl (C=O) groups is 2. The molecule has 90 valence electrons. The number of epoxide rings is 1. The lowest BCUT2D eigenvalue weighted by molar-refractivity contribution is -0.148. The van der Waals surface area contributed by atoms with E-state index in [1.807, 2.05) is 0 Å². The molecule has 16 heavy (non-hydrogen) atoms. The fourth-order valence-electron chi connectivity index (χ4n) is 0.945. The first-order valence-corrected chi connectivity index (χ1v) is 5.15. The zero-order chi connectivity index (χ0) is 12.1. The number of ether oxygens (including phenoxy) is 3. The Kier molecular flexibility index (Phi) is 4.49. The highest BCUT2D eigenvalue weighted by molar-refractivity contribution is 5.93. The Morgan fingerprint density at radius 3 is 2.62 bits per heavy atom. The Morgan fingerprint density at radius 2 is 2.12 bits per heavy atom. The highest BCUT2D eigenvalue weighted by atomic mass is 16.6. The molecular weight excluding hydrogens is 212 g/mol. The van der Waals surface area contributed by atoms with Crippen LogP contribution in [0.5, 0.6) is 0 Å². The molecule has 0 aromatic carbocycles. The molecule has 5 nitrogen and oxygen atoms in total. The van der Waals surface area contributed by atoms with Crippen molar-refractivity contribution in [1.29, 1.82) is 0 Å². The molecule has 0 aliphatic carbocycles. The molecular formula is C11H16O5. The summed E-state index contributed by atoms with van der Waals surface area (Å²) in [7, 11) is 0. The average molecular weight is 228 g/mol. The fourth-order valence-corrected chi connectivity index (χ4v) is 0.945. The van der Waals surface area contributed by atoms with Gasteiger partial charge in [0.15, 0.2) is 0 Å². The van der Waals surface area contributed by atoms with Crippen LogP contribution in [0.1, 0.15) is 20.3 Å². The Labute approximate surface area is 94.4 Å². The maximum absolute atomic E-state index is 11.3. The second kappa shape index (κ2) is 5.65. The molecule has 1 aliphatic rings. The van der Waals surface area contributed by atoms with Gasteiger partial charge in [-0.1, -0.05) is 6.58 Å². The molecule has 1 atom stereocenters. The van der Waals surface area contributed by atoms with E-state index < -0.39 is 11.9 Å². The van der Waals surface area contributed by atoms with E-state index in [1.54, 1.807) is 13.8 Å². The number of rotatable bonds is 6. The van der Waals surface area contributed by atoms with E-state index in [0.717, 1.165) is 0 Å². The van der Waals surface area contributed by atoms with Crippen LogP contribution in [0, 0.1) is 0 Å². The van der Waals surface area contributed by atoms with Gasteiger partial charge in [0.25, 0.3) is 0 Å². The van der Waals surface area contributed by atoms with Gasteiger partial charge in [-0.3, -0.25) is 4.79 Å². The number of esters is 2. The van der Waals surface area contributed by atoms with Gasteiger partial charge in [-0.15, -0.1) is 0 Å². The van der Waals surface area contributed by atoms with Crippen LogP contribution in [-0.2, 0) is 23.8 Å². The number of hydrogen-bond acceptors (Lipinski definition) is 5. The van der Waals surface area contributed by atoms with Gasteiger partial charge in [0.05, 0.1) is 19.1 Å². The van der Waals surface area contributed by atoms with Crippen molar-refractivity contribution in [2.24, 2.45) is 0 Å². The van der Waals surface area contributed by atoms with Gasteiger partial charge in [-0.25, -0.2) is 4.79 Å². The van der Waals surface area contributed by atoms with Crippen LogP contribution in [0.3, 0.4) is 0 Å². The Hall–Kier alpha value is -1.36. The molecule has 0 saturated carbocycles. The van der Waals surface area contributed by atoms with E-state index in [4.69, 9.17) is 14.2 Å². The van der Waals surface area contributed by atoms with Gasteiger partial charge < -0.3 is 14.2 Å². The Balaban J connectivity index is 2.20. The molecule has 1 aliphatic heterocycles. The van der Waals surface area contributed by atoms with Gasteiger partial charge in [0.2, 0.25) is 0 Å². The monoisotopic (exact) mass is 228 g/mol. The van der Waals surface area contributed by atoms with Crippen molar-refractivity contribution in [2.45, 2.75) is 32.5 Å². The number of hydrogen-bond donors (Lipinski definition) is 0. The van der Waals surface area contributed by atoms with Crippen molar-refractivity contribution in [3.8, 4) is 0 Å². The van der Waals surface area contributed by atoms with Crippen molar-refractivity contribution >= 4 is 11.9 Å². The van der Waals surface area contributed by atoms with E-state index in [-0.39, 0.29) is 30.8 Å². The molecule has 0 amide bonds. The predicted octanol–water partition coefficient (Wildman–Crippen LogP) is 0.826. The molecule has 1 saturated heterocycles. The first-order chi connectivity index (χ1) is 7.49. The first kappa shape index (κ1) is 12.7. The summed E-state index contributed by atoms with van der Waals surface area (Å²) in [6.07, 6.45) is -0.335. The zero-order valence-corrected chi connectivity index (χ0v) is 9.52. The van der Waals surface area contributed by atoms with E-state index in [0.29, 0.717) is 6.61 Å². The molecule has 1 fully saturated rings. The minimum absolute atomic E-state index is 0.0276. The van der Waals surface area contributed by atoms with E-state index >= 15 is 0 Å². The van der Waals surface area contributed by atoms with E-state index in [1.165, 1.54) is 0 Å². The molecule has 0 aromatic rings. The molecule has 1 unspecified atom stereocenters. The van der Waals surface area contributed by atoms with Crippen molar-refractivity contribution in [2.75, 3.05) is 13.2 Å².